The zero-order valence-electron chi connectivity index (χ0n) is 10.7. The van der Waals surface area contributed by atoms with Crippen molar-refractivity contribution in [3.8, 4) is 5.69 Å². The first-order chi connectivity index (χ1) is 9.02. The first kappa shape index (κ1) is 13.6. The molecule has 19 heavy (non-hydrogen) atoms. The molecule has 0 saturated carbocycles. The van der Waals surface area contributed by atoms with Crippen LogP contribution in [0.15, 0.2) is 30.5 Å². The van der Waals surface area contributed by atoms with E-state index in [-0.39, 0.29) is 11.9 Å². The minimum atomic E-state index is -0.234. The van der Waals surface area contributed by atoms with Crippen LogP contribution in [-0.2, 0) is 0 Å². The Labute approximate surface area is 116 Å². The Balaban J connectivity index is 2.37. The van der Waals surface area contributed by atoms with E-state index in [2.05, 4.69) is 10.4 Å². The van der Waals surface area contributed by atoms with E-state index in [0.29, 0.717) is 16.4 Å². The van der Waals surface area contributed by atoms with E-state index >= 15 is 0 Å². The smallest absolute Gasteiger partial charge is 0.271 e. The van der Waals surface area contributed by atoms with Gasteiger partial charge in [-0.2, -0.15) is 5.10 Å². The highest BCUT2D eigenvalue weighted by atomic mass is 35.5. The molecule has 5 nitrogen and oxygen atoms in total. The van der Waals surface area contributed by atoms with Crippen LogP contribution in [0.25, 0.3) is 5.69 Å². The molecule has 0 bridgehead atoms. The molecule has 2 aromatic rings. The molecule has 0 spiro atoms. The van der Waals surface area contributed by atoms with Gasteiger partial charge in [0, 0.05) is 19.3 Å². The van der Waals surface area contributed by atoms with Gasteiger partial charge in [0.05, 0.1) is 10.7 Å². The van der Waals surface area contributed by atoms with Gasteiger partial charge in [-0.05, 0) is 30.7 Å². The third-order valence-electron chi connectivity index (χ3n) is 2.79. The number of carbonyl (C=O) groups is 1. The van der Waals surface area contributed by atoms with Crippen LogP contribution in [0, 0.1) is 0 Å². The predicted octanol–water partition coefficient (Wildman–Crippen LogP) is 1.91. The summed E-state index contributed by atoms with van der Waals surface area (Å²) < 4.78 is 1.57. The van der Waals surface area contributed by atoms with Crippen LogP contribution >= 0.6 is 11.6 Å². The van der Waals surface area contributed by atoms with Crippen LogP contribution in [0.2, 0.25) is 5.02 Å². The van der Waals surface area contributed by atoms with E-state index in [9.17, 15) is 4.79 Å². The fraction of sp³-hybridized carbons (Fsp3) is 0.231. The van der Waals surface area contributed by atoms with Gasteiger partial charge in [-0.15, -0.1) is 0 Å². The van der Waals surface area contributed by atoms with Gasteiger partial charge in [0.1, 0.15) is 0 Å². The number of aromatic nitrogens is 2. The third kappa shape index (κ3) is 2.77. The van der Waals surface area contributed by atoms with Crippen LogP contribution in [0.1, 0.15) is 29.0 Å². The summed E-state index contributed by atoms with van der Waals surface area (Å²) in [6, 6.07) is 7.09. The van der Waals surface area contributed by atoms with Gasteiger partial charge in [-0.1, -0.05) is 17.7 Å². The molecule has 1 atom stereocenters. The first-order valence-corrected chi connectivity index (χ1v) is 6.24. The summed E-state index contributed by atoms with van der Waals surface area (Å²) in [5.41, 5.74) is 7.80. The summed E-state index contributed by atoms with van der Waals surface area (Å²) in [4.78, 5) is 11.4. The Morgan fingerprint density at radius 3 is 2.79 bits per heavy atom. The van der Waals surface area contributed by atoms with Crippen molar-refractivity contribution in [3.63, 3.8) is 0 Å². The maximum atomic E-state index is 11.4. The molecule has 1 aromatic heterocycles. The second kappa shape index (κ2) is 5.42. The molecule has 1 aromatic carbocycles. The fourth-order valence-corrected chi connectivity index (χ4v) is 1.98. The Hall–Kier alpha value is -1.85. The standard InChI is InChI=1S/C13H15ClN4O/c1-8(15)9-3-4-12(10(14)7-9)18-6-5-11(17-18)13(19)16-2/h3-8H,15H2,1-2H3,(H,16,19). The number of halogens is 1. The van der Waals surface area contributed by atoms with Crippen LogP contribution < -0.4 is 11.1 Å². The Morgan fingerprint density at radius 2 is 2.21 bits per heavy atom. The van der Waals surface area contributed by atoms with E-state index < -0.39 is 0 Å². The van der Waals surface area contributed by atoms with Crippen LogP contribution in [0.5, 0.6) is 0 Å². The van der Waals surface area contributed by atoms with Crippen molar-refractivity contribution >= 4 is 17.5 Å². The average molecular weight is 279 g/mol. The maximum Gasteiger partial charge on any atom is 0.271 e. The normalized spacial score (nSPS) is 12.2. The number of nitrogens with two attached hydrogens (primary N) is 1. The number of carbonyl (C=O) groups excluding carboxylic acids is 1. The summed E-state index contributed by atoms with van der Waals surface area (Å²) in [6.07, 6.45) is 1.69. The lowest BCUT2D eigenvalue weighted by Crippen LogP contribution is -2.18. The number of amides is 1. The highest BCUT2D eigenvalue weighted by Crippen LogP contribution is 2.23. The van der Waals surface area contributed by atoms with E-state index in [0.717, 1.165) is 5.56 Å². The monoisotopic (exact) mass is 278 g/mol. The van der Waals surface area contributed by atoms with Gasteiger partial charge < -0.3 is 11.1 Å². The van der Waals surface area contributed by atoms with Crippen LogP contribution in [-0.4, -0.2) is 22.7 Å². The summed E-state index contributed by atoms with van der Waals surface area (Å²) in [6.45, 7) is 1.89. The van der Waals surface area contributed by atoms with Crippen molar-refractivity contribution in [1.82, 2.24) is 15.1 Å². The Kier molecular flexibility index (Phi) is 3.87. The first-order valence-electron chi connectivity index (χ1n) is 5.86. The van der Waals surface area contributed by atoms with Gasteiger partial charge >= 0.3 is 0 Å². The number of hydrogen-bond acceptors (Lipinski definition) is 3. The lowest BCUT2D eigenvalue weighted by atomic mass is 10.1. The SMILES string of the molecule is CNC(=O)c1ccn(-c2ccc(C(C)N)cc2Cl)n1. The molecule has 0 aliphatic carbocycles. The summed E-state index contributed by atoms with van der Waals surface area (Å²) in [7, 11) is 1.56. The number of benzene rings is 1. The molecule has 0 aliphatic heterocycles. The number of rotatable bonds is 3. The number of hydrogen-bond donors (Lipinski definition) is 2. The van der Waals surface area contributed by atoms with Crippen molar-refractivity contribution in [1.29, 1.82) is 0 Å². The van der Waals surface area contributed by atoms with Crippen molar-refractivity contribution in [2.24, 2.45) is 5.73 Å². The average Bonchev–Trinajstić information content (AvgIpc) is 2.87. The lowest BCUT2D eigenvalue weighted by molar-refractivity contribution is 0.0957. The van der Waals surface area contributed by atoms with Crippen molar-refractivity contribution in [3.05, 3.63) is 46.7 Å². The number of nitrogens with one attached hydrogen (secondary N) is 1. The van der Waals surface area contributed by atoms with Gasteiger partial charge in [0.15, 0.2) is 5.69 Å². The second-order valence-electron chi connectivity index (χ2n) is 4.22. The minimum Gasteiger partial charge on any atom is -0.354 e. The molecule has 6 heteroatoms. The van der Waals surface area contributed by atoms with Gasteiger partial charge in [0.25, 0.3) is 5.91 Å². The second-order valence-corrected chi connectivity index (χ2v) is 4.63. The summed E-state index contributed by atoms with van der Waals surface area (Å²) in [5, 5.41) is 7.24. The van der Waals surface area contributed by atoms with Gasteiger partial charge in [-0.25, -0.2) is 4.68 Å². The lowest BCUT2D eigenvalue weighted by Gasteiger charge is -2.09. The molecule has 1 heterocycles. The van der Waals surface area contributed by atoms with E-state index in [4.69, 9.17) is 17.3 Å². The third-order valence-corrected chi connectivity index (χ3v) is 3.10. The van der Waals surface area contributed by atoms with E-state index in [1.54, 1.807) is 24.0 Å². The van der Waals surface area contributed by atoms with Gasteiger partial charge in [0.2, 0.25) is 0 Å². The van der Waals surface area contributed by atoms with Crippen molar-refractivity contribution in [2.45, 2.75) is 13.0 Å². The Morgan fingerprint density at radius 1 is 1.47 bits per heavy atom. The minimum absolute atomic E-state index is 0.0781. The molecular weight excluding hydrogens is 264 g/mol. The summed E-state index contributed by atoms with van der Waals surface area (Å²) in [5.74, 6) is -0.234. The highest BCUT2D eigenvalue weighted by Gasteiger charge is 2.11. The summed E-state index contributed by atoms with van der Waals surface area (Å²) >= 11 is 6.21. The maximum absolute atomic E-state index is 11.4. The molecule has 1 unspecified atom stereocenters. The van der Waals surface area contributed by atoms with Gasteiger partial charge in [-0.3, -0.25) is 4.79 Å². The van der Waals surface area contributed by atoms with E-state index in [1.165, 1.54) is 0 Å². The highest BCUT2D eigenvalue weighted by molar-refractivity contribution is 6.32. The predicted molar refractivity (Wildman–Crippen MR) is 74.6 cm³/mol. The molecule has 1 amide bonds. The molecule has 0 saturated heterocycles. The van der Waals surface area contributed by atoms with Crippen LogP contribution in [0.4, 0.5) is 0 Å². The quantitative estimate of drug-likeness (QED) is 0.901. The van der Waals surface area contributed by atoms with E-state index in [1.807, 2.05) is 25.1 Å². The molecule has 0 aliphatic rings. The molecule has 3 N–H and O–H groups in total. The Bertz CT molecular complexity index is 606. The van der Waals surface area contributed by atoms with Crippen molar-refractivity contribution in [2.75, 3.05) is 7.05 Å². The zero-order chi connectivity index (χ0) is 14.0. The topological polar surface area (TPSA) is 72.9 Å². The molecule has 0 radical (unpaired) electrons. The zero-order valence-corrected chi connectivity index (χ0v) is 11.5. The largest absolute Gasteiger partial charge is 0.354 e. The fourth-order valence-electron chi connectivity index (χ4n) is 1.70. The molecule has 0 fully saturated rings. The van der Waals surface area contributed by atoms with Crippen molar-refractivity contribution < 1.29 is 4.79 Å². The molecule has 100 valence electrons. The van der Waals surface area contributed by atoms with Crippen LogP contribution in [0.3, 0.4) is 0 Å². The molecule has 2 rings (SSSR count). The molecular formula is C13H15ClN4O. The number of nitrogens with zero attached hydrogens (tertiary/aromatic N) is 2.